The number of halogens is 3. The maximum Gasteiger partial charge on any atom is 0.488 e. The molecule has 48 heavy (non-hydrogen) atoms. The maximum absolute atomic E-state index is 14.6. The number of carbonyl (C=O) groups is 4. The van der Waals surface area contributed by atoms with Crippen molar-refractivity contribution >= 4 is 81.8 Å². The van der Waals surface area contributed by atoms with Gasteiger partial charge in [0, 0.05) is 5.92 Å². The largest absolute Gasteiger partial charge is 0.504 e. The van der Waals surface area contributed by atoms with Gasteiger partial charge in [-0.1, -0.05) is 35.4 Å². The molecule has 0 radical (unpaired) electrons. The number of hydrogen-bond acceptors (Lipinski definition) is 8. The van der Waals surface area contributed by atoms with Crippen LogP contribution < -0.4 is 20.0 Å². The zero-order chi connectivity index (χ0) is 34.4. The number of aromatic hydroxyl groups is 1. The number of rotatable bonds is 5. The van der Waals surface area contributed by atoms with Crippen molar-refractivity contribution in [1.29, 1.82) is 0 Å². The molecule has 0 unspecified atom stereocenters. The van der Waals surface area contributed by atoms with E-state index in [2.05, 4.69) is 0 Å². The average Bonchev–Trinajstić information content (AvgIpc) is 3.43. The molecule has 1 saturated carbocycles. The quantitative estimate of drug-likeness (QED) is 0.153. The number of allylic oxidation sites excluding steroid dienone is 2. The van der Waals surface area contributed by atoms with Gasteiger partial charge in [0.25, 0.3) is 0 Å². The van der Waals surface area contributed by atoms with Gasteiger partial charge in [-0.3, -0.25) is 24.1 Å². The fraction of sp³-hybridized carbons (Fsp3) is 0.294. The molecule has 246 valence electrons. The van der Waals surface area contributed by atoms with Crippen LogP contribution in [-0.4, -0.2) is 53.0 Å². The molecule has 3 N–H and O–H groups in total. The Morgan fingerprint density at radius 1 is 0.979 bits per heavy atom. The van der Waals surface area contributed by atoms with Crippen LogP contribution in [0.3, 0.4) is 0 Å². The number of nitrogens with zero attached hydrogens (tertiary/aromatic N) is 2. The summed E-state index contributed by atoms with van der Waals surface area (Å²) in [5.41, 5.74) is 0.350. The number of methoxy groups -OCH3 is 1. The van der Waals surface area contributed by atoms with Crippen LogP contribution in [0.4, 0.5) is 15.8 Å². The second-order valence-electron chi connectivity index (χ2n) is 12.8. The van der Waals surface area contributed by atoms with Crippen molar-refractivity contribution in [1.82, 2.24) is 0 Å². The highest BCUT2D eigenvalue weighted by Crippen LogP contribution is 2.64. The average molecular weight is 785 g/mol. The zero-order valence-corrected chi connectivity index (χ0v) is 28.5. The minimum atomic E-state index is -1.81. The predicted molar refractivity (Wildman–Crippen MR) is 182 cm³/mol. The van der Waals surface area contributed by atoms with E-state index in [-0.39, 0.29) is 46.2 Å². The fourth-order valence-electron chi connectivity index (χ4n) is 8.26. The molecule has 3 aromatic rings. The molecule has 0 spiro atoms. The number of fused-ring (bicyclic) bond motifs is 4. The first-order valence-corrected chi connectivity index (χ1v) is 16.7. The summed E-state index contributed by atoms with van der Waals surface area (Å²) in [7, 11) is -0.403. The van der Waals surface area contributed by atoms with E-state index in [1.807, 2.05) is 28.7 Å². The van der Waals surface area contributed by atoms with E-state index in [4.69, 9.17) is 16.3 Å². The summed E-state index contributed by atoms with van der Waals surface area (Å²) in [5.74, 6) is -6.54. The predicted octanol–water partition coefficient (Wildman–Crippen LogP) is 3.91. The smallest absolute Gasteiger partial charge is 0.488 e. The first-order valence-electron chi connectivity index (χ1n) is 15.2. The summed E-state index contributed by atoms with van der Waals surface area (Å²) in [5, 5.41) is 29.9. The van der Waals surface area contributed by atoms with Gasteiger partial charge in [0.2, 0.25) is 23.6 Å². The molecule has 2 saturated heterocycles. The lowest BCUT2D eigenvalue weighted by Crippen LogP contribution is -2.49. The molecule has 0 bridgehead atoms. The van der Waals surface area contributed by atoms with Gasteiger partial charge < -0.3 is 19.9 Å². The monoisotopic (exact) mass is 784 g/mol. The second kappa shape index (κ2) is 11.7. The number of phenols is 1. The number of amides is 4. The Labute approximate surface area is 293 Å². The molecule has 14 heteroatoms. The molecule has 2 aliphatic carbocycles. The standard InChI is InChI=1S/C34H28BClFIN2O8/c1-34-22(31(43)40(33(34)45)18-6-9-24(37)23(36)13-18)14-21-19(28(34)15-10-25(38)29(41)26(11-15)48-2)7-8-20-27(21)32(44)39(30(20)42)17-5-3-4-16(12-17)35(46)47/h3-7,9-13,20-22,27-28,41,46-47H,8,14H2,1-2H3/t20-,21+,22-,27-,28-,34+/m0/s1. The van der Waals surface area contributed by atoms with Crippen LogP contribution >= 0.6 is 34.2 Å². The highest BCUT2D eigenvalue weighted by molar-refractivity contribution is 14.1. The van der Waals surface area contributed by atoms with Gasteiger partial charge >= 0.3 is 7.12 Å². The van der Waals surface area contributed by atoms with Crippen LogP contribution in [0.15, 0.2) is 66.2 Å². The van der Waals surface area contributed by atoms with Gasteiger partial charge in [-0.25, -0.2) is 9.29 Å². The maximum atomic E-state index is 14.6. The molecule has 2 heterocycles. The number of hydrogen-bond donors (Lipinski definition) is 3. The number of anilines is 2. The third kappa shape index (κ3) is 4.65. The van der Waals surface area contributed by atoms with E-state index in [1.54, 1.807) is 25.1 Å². The van der Waals surface area contributed by atoms with Crippen molar-refractivity contribution in [3.8, 4) is 11.5 Å². The summed E-state index contributed by atoms with van der Waals surface area (Å²) >= 11 is 8.03. The van der Waals surface area contributed by atoms with E-state index in [9.17, 15) is 38.7 Å². The van der Waals surface area contributed by atoms with Gasteiger partial charge in [0.15, 0.2) is 11.5 Å². The zero-order valence-electron chi connectivity index (χ0n) is 25.6. The Morgan fingerprint density at radius 2 is 1.71 bits per heavy atom. The number of carbonyl (C=O) groups excluding carboxylic acids is 4. The molecule has 0 aromatic heterocycles. The van der Waals surface area contributed by atoms with Crippen molar-refractivity contribution in [3.05, 3.63) is 86.2 Å². The lowest BCUT2D eigenvalue weighted by Gasteiger charge is -2.49. The van der Waals surface area contributed by atoms with Gasteiger partial charge in [-0.2, -0.15) is 0 Å². The molecular formula is C34H28BClFIN2O8. The Hall–Kier alpha value is -3.79. The van der Waals surface area contributed by atoms with E-state index < -0.39 is 71.6 Å². The summed E-state index contributed by atoms with van der Waals surface area (Å²) < 4.78 is 20.0. The van der Waals surface area contributed by atoms with E-state index in [0.717, 1.165) is 21.4 Å². The topological polar surface area (TPSA) is 145 Å². The van der Waals surface area contributed by atoms with Crippen molar-refractivity contribution in [2.75, 3.05) is 16.9 Å². The molecule has 10 nitrogen and oxygen atoms in total. The van der Waals surface area contributed by atoms with Crippen molar-refractivity contribution in [2.45, 2.75) is 25.7 Å². The van der Waals surface area contributed by atoms with E-state index in [0.29, 0.717) is 9.13 Å². The van der Waals surface area contributed by atoms with Crippen LogP contribution in [0.1, 0.15) is 31.2 Å². The molecular weight excluding hydrogens is 757 g/mol. The van der Waals surface area contributed by atoms with E-state index in [1.165, 1.54) is 37.4 Å². The third-order valence-electron chi connectivity index (χ3n) is 10.5. The van der Waals surface area contributed by atoms with Crippen LogP contribution in [0.2, 0.25) is 5.02 Å². The lowest BCUT2D eigenvalue weighted by molar-refractivity contribution is -0.131. The van der Waals surface area contributed by atoms with Crippen molar-refractivity contribution < 1.29 is 43.5 Å². The summed E-state index contributed by atoms with van der Waals surface area (Å²) in [4.78, 5) is 59.2. The molecule has 4 aliphatic rings. The minimum Gasteiger partial charge on any atom is -0.504 e. The highest BCUT2D eigenvalue weighted by Gasteiger charge is 2.67. The van der Waals surface area contributed by atoms with Crippen LogP contribution in [0, 0.1) is 38.5 Å². The molecule has 6 atom stereocenters. The normalized spacial score (nSPS) is 27.9. The molecule has 7 rings (SSSR count). The SMILES string of the molecule is COc1cc([C@H]2C3=CC[C@@H]4C(=O)N(c5cccc(B(O)O)c5)C(=O)[C@@H]4[C@@H]3C[C@H]3C(=O)N(c4ccc(F)c(Cl)c4)C(=O)[C@@]23C)cc(I)c1O. The number of benzene rings is 3. The minimum absolute atomic E-state index is 0.0879. The molecule has 4 amide bonds. The fourth-order valence-corrected chi connectivity index (χ4v) is 9.06. The Morgan fingerprint density at radius 3 is 2.40 bits per heavy atom. The van der Waals surface area contributed by atoms with Gasteiger partial charge in [0.1, 0.15) is 5.82 Å². The van der Waals surface area contributed by atoms with Crippen molar-refractivity contribution in [3.63, 3.8) is 0 Å². The first kappa shape index (κ1) is 32.7. The van der Waals surface area contributed by atoms with Gasteiger partial charge in [-0.15, -0.1) is 0 Å². The Balaban J connectivity index is 1.38. The first-order chi connectivity index (χ1) is 22.8. The highest BCUT2D eigenvalue weighted by atomic mass is 127. The van der Waals surface area contributed by atoms with Crippen LogP contribution in [-0.2, 0) is 19.2 Å². The van der Waals surface area contributed by atoms with Gasteiger partial charge in [0.05, 0.1) is 50.2 Å². The Bertz CT molecular complexity index is 1970. The number of phenolic OH excluding ortho intramolecular Hbond substituents is 1. The Kier molecular flexibility index (Phi) is 7.97. The second-order valence-corrected chi connectivity index (χ2v) is 14.4. The summed E-state index contributed by atoms with van der Waals surface area (Å²) in [6, 6.07) is 12.9. The summed E-state index contributed by atoms with van der Waals surface area (Å²) in [6.45, 7) is 1.71. The van der Waals surface area contributed by atoms with Crippen molar-refractivity contribution in [2.24, 2.45) is 29.1 Å². The van der Waals surface area contributed by atoms with Crippen LogP contribution in [0.25, 0.3) is 0 Å². The van der Waals surface area contributed by atoms with Gasteiger partial charge in [-0.05, 0) is 102 Å². The molecule has 2 aliphatic heterocycles. The van der Waals surface area contributed by atoms with E-state index >= 15 is 0 Å². The molecule has 3 fully saturated rings. The third-order valence-corrected chi connectivity index (χ3v) is 11.6. The summed E-state index contributed by atoms with van der Waals surface area (Å²) in [6.07, 6.45) is 2.18. The molecule has 3 aromatic carbocycles. The number of imide groups is 2. The van der Waals surface area contributed by atoms with Crippen LogP contribution in [0.5, 0.6) is 11.5 Å². The number of ether oxygens (including phenoxy) is 1. The lowest BCUT2D eigenvalue weighted by atomic mass is 9.51.